The van der Waals surface area contributed by atoms with Gasteiger partial charge in [-0.1, -0.05) is 6.07 Å². The summed E-state index contributed by atoms with van der Waals surface area (Å²) in [6, 6.07) is 5.25. The molecule has 1 fully saturated rings. The molecule has 0 saturated carbocycles. The van der Waals surface area contributed by atoms with Gasteiger partial charge in [-0.3, -0.25) is 9.59 Å². The lowest BCUT2D eigenvalue weighted by Crippen LogP contribution is -2.42. The maximum atomic E-state index is 11.6. The van der Waals surface area contributed by atoms with Crippen LogP contribution in [-0.4, -0.2) is 36.7 Å². The van der Waals surface area contributed by atoms with Crippen LogP contribution in [0.5, 0.6) is 0 Å². The summed E-state index contributed by atoms with van der Waals surface area (Å²) in [5.74, 6) is -1.37. The number of amides is 1. The first-order valence-corrected chi connectivity index (χ1v) is 6.90. The summed E-state index contributed by atoms with van der Waals surface area (Å²) in [7, 11) is 0. The topological polar surface area (TPSA) is 102 Å². The van der Waals surface area contributed by atoms with E-state index < -0.39 is 17.3 Å². The molecule has 1 saturated heterocycles. The van der Waals surface area contributed by atoms with Crippen molar-refractivity contribution in [3.8, 4) is 0 Å². The number of hydrogen-bond acceptors (Lipinski definition) is 4. The van der Waals surface area contributed by atoms with Gasteiger partial charge in [-0.2, -0.15) is 0 Å². The molecule has 6 heteroatoms. The second kappa shape index (κ2) is 6.13. The van der Waals surface area contributed by atoms with E-state index in [1.807, 2.05) is 6.92 Å². The Morgan fingerprint density at radius 1 is 1.38 bits per heavy atom. The molecule has 0 aromatic heterocycles. The number of carboxylic acid groups (broad SMARTS) is 1. The number of carboxylic acids is 1. The highest BCUT2D eigenvalue weighted by atomic mass is 16.5. The highest BCUT2D eigenvalue weighted by Gasteiger charge is 2.40. The molecule has 6 nitrogen and oxygen atoms in total. The zero-order chi connectivity index (χ0) is 15.5. The number of anilines is 1. The third-order valence-electron chi connectivity index (χ3n) is 3.96. The number of benzene rings is 1. The average Bonchev–Trinajstić information content (AvgIpc) is 2.45. The van der Waals surface area contributed by atoms with Crippen molar-refractivity contribution in [2.45, 2.75) is 19.8 Å². The van der Waals surface area contributed by atoms with Crippen molar-refractivity contribution >= 4 is 17.6 Å². The highest BCUT2D eigenvalue weighted by Crippen LogP contribution is 2.32. The predicted octanol–water partition coefficient (Wildman–Crippen LogP) is 1.39. The Bertz CT molecular complexity index is 551. The van der Waals surface area contributed by atoms with Gasteiger partial charge >= 0.3 is 5.97 Å². The van der Waals surface area contributed by atoms with E-state index >= 15 is 0 Å². The number of carbonyl (C=O) groups excluding carboxylic acids is 1. The molecular formula is C15H20N2O4. The zero-order valence-corrected chi connectivity index (χ0v) is 12.0. The van der Waals surface area contributed by atoms with Crippen LogP contribution in [0, 0.1) is 12.3 Å². The van der Waals surface area contributed by atoms with Crippen molar-refractivity contribution in [2.24, 2.45) is 11.1 Å². The number of aliphatic carboxylic acids is 1. The first-order chi connectivity index (χ1) is 9.94. The number of ether oxygens (including phenoxy) is 1. The highest BCUT2D eigenvalue weighted by molar-refractivity contribution is 5.98. The van der Waals surface area contributed by atoms with Crippen LogP contribution in [0.15, 0.2) is 18.2 Å². The molecule has 4 N–H and O–H groups in total. The van der Waals surface area contributed by atoms with Gasteiger partial charge < -0.3 is 20.9 Å². The first-order valence-electron chi connectivity index (χ1n) is 6.90. The molecule has 0 aliphatic carbocycles. The minimum atomic E-state index is -0.864. The summed E-state index contributed by atoms with van der Waals surface area (Å²) in [6.07, 6.45) is 0.903. The Kier molecular flexibility index (Phi) is 4.47. The molecule has 0 unspecified atom stereocenters. The van der Waals surface area contributed by atoms with E-state index in [4.69, 9.17) is 10.5 Å². The van der Waals surface area contributed by atoms with Crippen LogP contribution in [0.1, 0.15) is 28.8 Å². The molecule has 0 bridgehead atoms. The normalized spacial score (nSPS) is 17.2. The molecule has 1 aromatic carbocycles. The molecule has 0 radical (unpaired) electrons. The fourth-order valence-corrected chi connectivity index (χ4v) is 2.51. The molecule has 1 aliphatic heterocycles. The lowest BCUT2D eigenvalue weighted by Gasteiger charge is -2.33. The largest absolute Gasteiger partial charge is 0.481 e. The summed E-state index contributed by atoms with van der Waals surface area (Å²) in [6.45, 7) is 3.02. The van der Waals surface area contributed by atoms with Crippen LogP contribution in [0.25, 0.3) is 0 Å². The van der Waals surface area contributed by atoms with Crippen LogP contribution in [0.3, 0.4) is 0 Å². The maximum Gasteiger partial charge on any atom is 0.311 e. The van der Waals surface area contributed by atoms with Crippen LogP contribution in [0.2, 0.25) is 0 Å². The third kappa shape index (κ3) is 3.33. The Labute approximate surface area is 123 Å². The van der Waals surface area contributed by atoms with Gasteiger partial charge in [0.15, 0.2) is 0 Å². The number of aryl methyl sites for hydroxylation is 1. The molecule has 0 spiro atoms. The monoisotopic (exact) mass is 292 g/mol. The fourth-order valence-electron chi connectivity index (χ4n) is 2.51. The van der Waals surface area contributed by atoms with E-state index in [0.29, 0.717) is 37.3 Å². The van der Waals surface area contributed by atoms with Gasteiger partial charge in [0.25, 0.3) is 5.91 Å². The number of primary amides is 1. The summed E-state index contributed by atoms with van der Waals surface area (Å²) in [5, 5.41) is 12.6. The molecule has 21 heavy (non-hydrogen) atoms. The lowest BCUT2D eigenvalue weighted by atomic mass is 9.80. The molecule has 0 atom stereocenters. The lowest BCUT2D eigenvalue weighted by molar-refractivity contribution is -0.153. The van der Waals surface area contributed by atoms with Crippen LogP contribution in [0.4, 0.5) is 5.69 Å². The van der Waals surface area contributed by atoms with E-state index in [-0.39, 0.29) is 6.54 Å². The van der Waals surface area contributed by atoms with Gasteiger partial charge in [0.05, 0.1) is 11.0 Å². The van der Waals surface area contributed by atoms with Crippen LogP contribution in [-0.2, 0) is 9.53 Å². The SMILES string of the molecule is Cc1ccc(C(N)=O)c(NCC2(C(=O)O)CCOCC2)c1. The van der Waals surface area contributed by atoms with Gasteiger partial charge in [0.2, 0.25) is 0 Å². The van der Waals surface area contributed by atoms with Crippen molar-refractivity contribution in [2.75, 3.05) is 25.1 Å². The van der Waals surface area contributed by atoms with Gasteiger partial charge in [-0.05, 0) is 37.5 Å². The minimum absolute atomic E-state index is 0.245. The van der Waals surface area contributed by atoms with E-state index in [9.17, 15) is 14.7 Å². The second-order valence-electron chi connectivity index (χ2n) is 5.46. The summed E-state index contributed by atoms with van der Waals surface area (Å²) >= 11 is 0. The first kappa shape index (κ1) is 15.3. The Morgan fingerprint density at radius 2 is 2.05 bits per heavy atom. The molecule has 1 aliphatic rings. The maximum absolute atomic E-state index is 11.6. The molecule has 2 rings (SSSR count). The van der Waals surface area contributed by atoms with E-state index in [1.54, 1.807) is 18.2 Å². The Balaban J connectivity index is 2.19. The van der Waals surface area contributed by atoms with Crippen LogP contribution < -0.4 is 11.1 Å². The molecule has 1 heterocycles. The molecule has 114 valence electrons. The number of carbonyl (C=O) groups is 2. The molecular weight excluding hydrogens is 272 g/mol. The fraction of sp³-hybridized carbons (Fsp3) is 0.467. The smallest absolute Gasteiger partial charge is 0.311 e. The van der Waals surface area contributed by atoms with Gasteiger partial charge in [-0.25, -0.2) is 0 Å². The average molecular weight is 292 g/mol. The number of rotatable bonds is 5. The van der Waals surface area contributed by atoms with Crippen LogP contribution >= 0.6 is 0 Å². The van der Waals surface area contributed by atoms with E-state index in [0.717, 1.165) is 5.56 Å². The second-order valence-corrected chi connectivity index (χ2v) is 5.46. The zero-order valence-electron chi connectivity index (χ0n) is 12.0. The van der Waals surface area contributed by atoms with E-state index in [1.165, 1.54) is 0 Å². The summed E-state index contributed by atoms with van der Waals surface area (Å²) in [5.41, 5.74) is 6.40. The number of hydrogen-bond donors (Lipinski definition) is 3. The van der Waals surface area contributed by atoms with Crippen molar-refractivity contribution in [3.63, 3.8) is 0 Å². The predicted molar refractivity (Wildman–Crippen MR) is 78.3 cm³/mol. The van der Waals surface area contributed by atoms with Crippen molar-refractivity contribution < 1.29 is 19.4 Å². The summed E-state index contributed by atoms with van der Waals surface area (Å²) in [4.78, 5) is 23.0. The molecule has 1 amide bonds. The minimum Gasteiger partial charge on any atom is -0.481 e. The number of nitrogens with one attached hydrogen (secondary N) is 1. The van der Waals surface area contributed by atoms with Crippen molar-refractivity contribution in [1.29, 1.82) is 0 Å². The summed E-state index contributed by atoms with van der Waals surface area (Å²) < 4.78 is 5.24. The van der Waals surface area contributed by atoms with Crippen molar-refractivity contribution in [3.05, 3.63) is 29.3 Å². The standard InChI is InChI=1S/C15H20N2O4/c1-10-2-3-11(13(16)18)12(8-10)17-9-15(14(19)20)4-6-21-7-5-15/h2-3,8,17H,4-7,9H2,1H3,(H2,16,18)(H,19,20). The van der Waals surface area contributed by atoms with Gasteiger partial charge in [0, 0.05) is 25.4 Å². The molecule has 1 aromatic rings. The number of nitrogens with two attached hydrogens (primary N) is 1. The van der Waals surface area contributed by atoms with Gasteiger partial charge in [-0.15, -0.1) is 0 Å². The Hall–Kier alpha value is -2.08. The van der Waals surface area contributed by atoms with E-state index in [2.05, 4.69) is 5.32 Å². The third-order valence-corrected chi connectivity index (χ3v) is 3.96. The van der Waals surface area contributed by atoms with Gasteiger partial charge in [0.1, 0.15) is 0 Å². The Morgan fingerprint density at radius 3 is 2.62 bits per heavy atom. The van der Waals surface area contributed by atoms with Crippen molar-refractivity contribution in [1.82, 2.24) is 0 Å². The quantitative estimate of drug-likeness (QED) is 0.761.